The average molecular weight is 232 g/mol. The summed E-state index contributed by atoms with van der Waals surface area (Å²) in [6, 6.07) is -0.660. The van der Waals surface area contributed by atoms with E-state index in [1.807, 2.05) is 0 Å². The predicted molar refractivity (Wildman–Crippen MR) is 58.7 cm³/mol. The number of rotatable bonds is 8. The number of hydrogen-bond acceptors (Lipinski definition) is 5. The third kappa shape index (κ3) is 7.19. The maximum atomic E-state index is 11.3. The van der Waals surface area contributed by atoms with Gasteiger partial charge in [-0.1, -0.05) is 0 Å². The van der Waals surface area contributed by atoms with Gasteiger partial charge in [0, 0.05) is 20.1 Å². The van der Waals surface area contributed by atoms with E-state index in [2.05, 4.69) is 5.32 Å². The van der Waals surface area contributed by atoms with Crippen molar-refractivity contribution in [3.05, 3.63) is 0 Å². The van der Waals surface area contributed by atoms with Crippen molar-refractivity contribution in [1.29, 1.82) is 0 Å². The van der Waals surface area contributed by atoms with E-state index in [1.165, 1.54) is 7.11 Å². The Labute approximate surface area is 95.5 Å². The van der Waals surface area contributed by atoms with Crippen molar-refractivity contribution in [3.8, 4) is 0 Å². The second kappa shape index (κ2) is 9.11. The molecule has 0 spiro atoms. The molecule has 0 fully saturated rings. The number of nitrogens with one attached hydrogen (secondary N) is 1. The van der Waals surface area contributed by atoms with Crippen LogP contribution in [0.2, 0.25) is 0 Å². The number of amides is 1. The van der Waals surface area contributed by atoms with Gasteiger partial charge in [-0.05, 0) is 13.3 Å². The Bertz CT molecular complexity index is 221. The van der Waals surface area contributed by atoms with Crippen LogP contribution in [0.25, 0.3) is 0 Å². The van der Waals surface area contributed by atoms with Crippen LogP contribution in [0.4, 0.5) is 0 Å². The fraction of sp³-hybridized carbons (Fsp3) is 0.800. The molecule has 1 unspecified atom stereocenters. The fourth-order valence-electron chi connectivity index (χ4n) is 1.06. The van der Waals surface area contributed by atoms with Crippen molar-refractivity contribution in [2.75, 3.05) is 26.9 Å². The molecule has 0 aromatic carbocycles. The lowest BCUT2D eigenvalue weighted by atomic mass is 10.3. The van der Waals surface area contributed by atoms with Crippen LogP contribution >= 0.6 is 0 Å². The molecular formula is C10H20N2O4. The van der Waals surface area contributed by atoms with Gasteiger partial charge in [-0.2, -0.15) is 0 Å². The van der Waals surface area contributed by atoms with Crippen LogP contribution in [0.1, 0.15) is 19.8 Å². The molecule has 0 rings (SSSR count). The second-order valence-corrected chi connectivity index (χ2v) is 3.26. The number of ether oxygens (including phenoxy) is 2. The van der Waals surface area contributed by atoms with Gasteiger partial charge in [-0.25, -0.2) is 0 Å². The van der Waals surface area contributed by atoms with Crippen LogP contribution in [0.15, 0.2) is 0 Å². The Morgan fingerprint density at radius 2 is 2.12 bits per heavy atom. The maximum absolute atomic E-state index is 11.3. The van der Waals surface area contributed by atoms with Gasteiger partial charge < -0.3 is 20.5 Å². The molecule has 0 aliphatic carbocycles. The molecule has 16 heavy (non-hydrogen) atoms. The SMILES string of the molecule is CCOC(=O)CCCNC(=O)C(N)COC. The van der Waals surface area contributed by atoms with Crippen molar-refractivity contribution in [3.63, 3.8) is 0 Å². The Morgan fingerprint density at radius 3 is 2.69 bits per heavy atom. The Morgan fingerprint density at radius 1 is 1.44 bits per heavy atom. The molecule has 0 aromatic rings. The average Bonchev–Trinajstić information content (AvgIpc) is 2.24. The quantitative estimate of drug-likeness (QED) is 0.431. The van der Waals surface area contributed by atoms with Crippen LogP contribution in [-0.4, -0.2) is 44.8 Å². The zero-order valence-electron chi connectivity index (χ0n) is 9.82. The summed E-state index contributed by atoms with van der Waals surface area (Å²) in [7, 11) is 1.48. The third-order valence-corrected chi connectivity index (χ3v) is 1.85. The third-order valence-electron chi connectivity index (χ3n) is 1.85. The van der Waals surface area contributed by atoms with Crippen LogP contribution in [0.5, 0.6) is 0 Å². The van der Waals surface area contributed by atoms with E-state index in [9.17, 15) is 9.59 Å². The van der Waals surface area contributed by atoms with Crippen molar-refractivity contribution in [2.24, 2.45) is 5.73 Å². The molecule has 1 amide bonds. The smallest absolute Gasteiger partial charge is 0.305 e. The zero-order valence-corrected chi connectivity index (χ0v) is 9.82. The van der Waals surface area contributed by atoms with Gasteiger partial charge in [-0.15, -0.1) is 0 Å². The van der Waals surface area contributed by atoms with Crippen LogP contribution in [-0.2, 0) is 19.1 Å². The molecule has 0 aromatic heterocycles. The molecule has 0 bridgehead atoms. The van der Waals surface area contributed by atoms with E-state index in [1.54, 1.807) is 6.92 Å². The highest BCUT2D eigenvalue weighted by Gasteiger charge is 2.12. The molecule has 94 valence electrons. The molecule has 1 atom stereocenters. The van der Waals surface area contributed by atoms with Gasteiger partial charge in [0.2, 0.25) is 5.91 Å². The Hall–Kier alpha value is -1.14. The Balaban J connectivity index is 3.51. The summed E-state index contributed by atoms with van der Waals surface area (Å²) in [4.78, 5) is 22.2. The standard InChI is InChI=1S/C10H20N2O4/c1-3-16-9(13)5-4-6-12-10(14)8(11)7-15-2/h8H,3-7,11H2,1-2H3,(H,12,14). The maximum Gasteiger partial charge on any atom is 0.305 e. The summed E-state index contributed by atoms with van der Waals surface area (Å²) in [5.74, 6) is -0.524. The monoisotopic (exact) mass is 232 g/mol. The number of nitrogens with two attached hydrogens (primary N) is 1. The van der Waals surface area contributed by atoms with Crippen LogP contribution < -0.4 is 11.1 Å². The van der Waals surface area contributed by atoms with E-state index in [0.29, 0.717) is 26.0 Å². The summed E-state index contributed by atoms with van der Waals surface area (Å²) in [5.41, 5.74) is 5.49. The topological polar surface area (TPSA) is 90.7 Å². The lowest BCUT2D eigenvalue weighted by Gasteiger charge is -2.10. The molecule has 0 saturated heterocycles. The molecule has 6 nitrogen and oxygen atoms in total. The molecule has 3 N–H and O–H groups in total. The first kappa shape index (κ1) is 14.9. The van der Waals surface area contributed by atoms with E-state index < -0.39 is 6.04 Å². The summed E-state index contributed by atoms with van der Waals surface area (Å²) < 4.78 is 9.48. The lowest BCUT2D eigenvalue weighted by molar-refractivity contribution is -0.143. The summed E-state index contributed by atoms with van der Waals surface area (Å²) >= 11 is 0. The highest BCUT2D eigenvalue weighted by atomic mass is 16.5. The van der Waals surface area contributed by atoms with Crippen molar-refractivity contribution >= 4 is 11.9 Å². The van der Waals surface area contributed by atoms with Gasteiger partial charge in [0.25, 0.3) is 0 Å². The van der Waals surface area contributed by atoms with Gasteiger partial charge in [0.15, 0.2) is 0 Å². The molecule has 0 heterocycles. The fourth-order valence-corrected chi connectivity index (χ4v) is 1.06. The van der Waals surface area contributed by atoms with Crippen LogP contribution in [0, 0.1) is 0 Å². The Kier molecular flexibility index (Phi) is 8.46. The molecule has 0 saturated carbocycles. The van der Waals surface area contributed by atoms with Crippen molar-refractivity contribution in [2.45, 2.75) is 25.8 Å². The summed E-state index contributed by atoms with van der Waals surface area (Å²) in [6.07, 6.45) is 0.845. The zero-order chi connectivity index (χ0) is 12.4. The number of methoxy groups -OCH3 is 1. The van der Waals surface area contributed by atoms with Gasteiger partial charge >= 0.3 is 5.97 Å². The lowest BCUT2D eigenvalue weighted by Crippen LogP contribution is -2.43. The number of esters is 1. The minimum absolute atomic E-state index is 0.184. The predicted octanol–water partition coefficient (Wildman–Crippen LogP) is -0.580. The summed E-state index contributed by atoms with van der Waals surface area (Å²) in [5, 5.41) is 2.61. The van der Waals surface area contributed by atoms with E-state index >= 15 is 0 Å². The van der Waals surface area contributed by atoms with Gasteiger partial charge in [-0.3, -0.25) is 9.59 Å². The van der Waals surface area contributed by atoms with Gasteiger partial charge in [0.05, 0.1) is 13.2 Å². The molecular weight excluding hydrogens is 212 g/mol. The largest absolute Gasteiger partial charge is 0.466 e. The van der Waals surface area contributed by atoms with Gasteiger partial charge in [0.1, 0.15) is 6.04 Å². The summed E-state index contributed by atoms with van der Waals surface area (Å²) in [6.45, 7) is 2.73. The molecule has 0 radical (unpaired) electrons. The highest BCUT2D eigenvalue weighted by molar-refractivity contribution is 5.81. The number of carbonyl (C=O) groups excluding carboxylic acids is 2. The van der Waals surface area contributed by atoms with E-state index in [0.717, 1.165) is 0 Å². The second-order valence-electron chi connectivity index (χ2n) is 3.26. The van der Waals surface area contributed by atoms with E-state index in [-0.39, 0.29) is 18.5 Å². The van der Waals surface area contributed by atoms with Crippen molar-refractivity contribution in [1.82, 2.24) is 5.32 Å². The number of carbonyl (C=O) groups is 2. The van der Waals surface area contributed by atoms with Crippen LogP contribution in [0.3, 0.4) is 0 Å². The molecule has 0 aliphatic rings. The first-order valence-electron chi connectivity index (χ1n) is 5.29. The highest BCUT2D eigenvalue weighted by Crippen LogP contribution is 1.91. The van der Waals surface area contributed by atoms with Crippen molar-refractivity contribution < 1.29 is 19.1 Å². The minimum Gasteiger partial charge on any atom is -0.466 e. The first-order chi connectivity index (χ1) is 7.61. The van der Waals surface area contributed by atoms with E-state index in [4.69, 9.17) is 15.2 Å². The normalized spacial score (nSPS) is 11.9. The minimum atomic E-state index is -0.660. The molecule has 0 aliphatic heterocycles. The number of hydrogen-bond donors (Lipinski definition) is 2. The first-order valence-corrected chi connectivity index (χ1v) is 5.29. The molecule has 6 heteroatoms.